The molecule has 0 aliphatic heterocycles. The van der Waals surface area contributed by atoms with Crippen LogP contribution in [0.2, 0.25) is 0 Å². The van der Waals surface area contributed by atoms with Gasteiger partial charge in [-0.1, -0.05) is 30.3 Å². The number of carbonyl (C=O) groups excluding carboxylic acids is 1. The molecular formula is C13H12O2S. The summed E-state index contributed by atoms with van der Waals surface area (Å²) in [5, 5.41) is 2.00. The molecule has 1 aromatic carbocycles. The molecule has 0 fully saturated rings. The number of methoxy groups -OCH3 is 1. The Kier molecular flexibility index (Phi) is 3.37. The van der Waals surface area contributed by atoms with Crippen LogP contribution in [0.5, 0.6) is 0 Å². The van der Waals surface area contributed by atoms with Gasteiger partial charge in [0, 0.05) is 0 Å². The van der Waals surface area contributed by atoms with E-state index in [1.165, 1.54) is 24.0 Å². The van der Waals surface area contributed by atoms with E-state index in [0.29, 0.717) is 4.88 Å². The third kappa shape index (κ3) is 2.49. The van der Waals surface area contributed by atoms with E-state index in [-0.39, 0.29) is 5.97 Å². The van der Waals surface area contributed by atoms with E-state index in [9.17, 15) is 4.79 Å². The molecule has 0 aliphatic rings. The molecule has 0 radical (unpaired) electrons. The van der Waals surface area contributed by atoms with Gasteiger partial charge in [0.05, 0.1) is 7.11 Å². The minimum absolute atomic E-state index is 0.260. The van der Waals surface area contributed by atoms with Crippen LogP contribution in [0.3, 0.4) is 0 Å². The second-order valence-electron chi connectivity index (χ2n) is 3.47. The fourth-order valence-corrected chi connectivity index (χ4v) is 2.34. The number of benzene rings is 1. The lowest BCUT2D eigenvalue weighted by atomic mass is 10.1. The summed E-state index contributed by atoms with van der Waals surface area (Å²) in [6.45, 7) is 0. The molecule has 0 spiro atoms. The fraction of sp³-hybridized carbons (Fsp3) is 0.154. The Balaban J connectivity index is 2.12. The molecular weight excluding hydrogens is 220 g/mol. The highest BCUT2D eigenvalue weighted by molar-refractivity contribution is 7.12. The van der Waals surface area contributed by atoms with E-state index >= 15 is 0 Å². The topological polar surface area (TPSA) is 26.3 Å². The molecule has 0 atom stereocenters. The van der Waals surface area contributed by atoms with Gasteiger partial charge in [-0.15, -0.1) is 11.3 Å². The SMILES string of the molecule is COC(=O)c1cc(Cc2ccccc2)cs1. The maximum Gasteiger partial charge on any atom is 0.348 e. The van der Waals surface area contributed by atoms with Crippen LogP contribution in [0.25, 0.3) is 0 Å². The maximum atomic E-state index is 11.3. The summed E-state index contributed by atoms with van der Waals surface area (Å²) in [6, 6.07) is 12.1. The average Bonchev–Trinajstić information content (AvgIpc) is 2.78. The summed E-state index contributed by atoms with van der Waals surface area (Å²) in [6.07, 6.45) is 0.855. The first kappa shape index (κ1) is 10.9. The Hall–Kier alpha value is -1.61. The van der Waals surface area contributed by atoms with Gasteiger partial charge in [0.2, 0.25) is 0 Å². The van der Waals surface area contributed by atoms with Crippen LogP contribution in [-0.2, 0) is 11.2 Å². The van der Waals surface area contributed by atoms with Crippen molar-refractivity contribution in [2.24, 2.45) is 0 Å². The minimum Gasteiger partial charge on any atom is -0.465 e. The first-order valence-corrected chi connectivity index (χ1v) is 5.87. The van der Waals surface area contributed by atoms with Crippen LogP contribution < -0.4 is 0 Å². The average molecular weight is 232 g/mol. The minimum atomic E-state index is -0.260. The van der Waals surface area contributed by atoms with Crippen molar-refractivity contribution in [1.29, 1.82) is 0 Å². The molecule has 82 valence electrons. The monoisotopic (exact) mass is 232 g/mol. The van der Waals surface area contributed by atoms with Crippen LogP contribution in [-0.4, -0.2) is 13.1 Å². The van der Waals surface area contributed by atoms with E-state index in [0.717, 1.165) is 12.0 Å². The number of hydrogen-bond donors (Lipinski definition) is 0. The molecule has 1 heterocycles. The van der Waals surface area contributed by atoms with Gasteiger partial charge in [-0.3, -0.25) is 0 Å². The van der Waals surface area contributed by atoms with Crippen LogP contribution in [0, 0.1) is 0 Å². The smallest absolute Gasteiger partial charge is 0.348 e. The maximum absolute atomic E-state index is 11.3. The normalized spacial score (nSPS) is 10.1. The second kappa shape index (κ2) is 4.94. The largest absolute Gasteiger partial charge is 0.465 e. The highest BCUT2D eigenvalue weighted by atomic mass is 32.1. The molecule has 0 unspecified atom stereocenters. The van der Waals surface area contributed by atoms with Crippen molar-refractivity contribution < 1.29 is 9.53 Å². The molecule has 0 bridgehead atoms. The molecule has 16 heavy (non-hydrogen) atoms. The highest BCUT2D eigenvalue weighted by Crippen LogP contribution is 2.18. The number of esters is 1. The summed E-state index contributed by atoms with van der Waals surface area (Å²) in [4.78, 5) is 11.9. The molecule has 2 nitrogen and oxygen atoms in total. The van der Waals surface area contributed by atoms with Crippen LogP contribution in [0.1, 0.15) is 20.8 Å². The summed E-state index contributed by atoms with van der Waals surface area (Å²) in [5.41, 5.74) is 2.40. The quantitative estimate of drug-likeness (QED) is 0.760. The van der Waals surface area contributed by atoms with Crippen molar-refractivity contribution in [2.75, 3.05) is 7.11 Å². The van der Waals surface area contributed by atoms with Crippen molar-refractivity contribution >= 4 is 17.3 Å². The van der Waals surface area contributed by atoms with Crippen LogP contribution in [0.15, 0.2) is 41.8 Å². The Labute approximate surface area is 98.5 Å². The molecule has 0 aliphatic carbocycles. The Morgan fingerprint density at radius 3 is 2.69 bits per heavy atom. The zero-order valence-electron chi connectivity index (χ0n) is 8.97. The standard InChI is InChI=1S/C13H12O2S/c1-15-13(14)12-8-11(9-16-12)7-10-5-3-2-4-6-10/h2-6,8-9H,7H2,1H3. The van der Waals surface area contributed by atoms with Gasteiger partial charge in [0.15, 0.2) is 0 Å². The number of thiophene rings is 1. The highest BCUT2D eigenvalue weighted by Gasteiger charge is 2.08. The van der Waals surface area contributed by atoms with Crippen molar-refractivity contribution in [3.8, 4) is 0 Å². The molecule has 0 saturated heterocycles. The third-order valence-electron chi connectivity index (χ3n) is 2.29. The van der Waals surface area contributed by atoms with Crippen molar-refractivity contribution in [1.82, 2.24) is 0 Å². The van der Waals surface area contributed by atoms with Crippen molar-refractivity contribution in [3.05, 3.63) is 57.8 Å². The zero-order valence-corrected chi connectivity index (χ0v) is 9.79. The van der Waals surface area contributed by atoms with Gasteiger partial charge < -0.3 is 4.74 Å². The third-order valence-corrected chi connectivity index (χ3v) is 3.25. The summed E-state index contributed by atoms with van der Waals surface area (Å²) in [5.74, 6) is -0.260. The molecule has 3 heteroatoms. The Morgan fingerprint density at radius 1 is 1.25 bits per heavy atom. The van der Waals surface area contributed by atoms with E-state index in [4.69, 9.17) is 0 Å². The van der Waals surface area contributed by atoms with Gasteiger partial charge in [-0.05, 0) is 29.0 Å². The van der Waals surface area contributed by atoms with Gasteiger partial charge in [0.25, 0.3) is 0 Å². The van der Waals surface area contributed by atoms with E-state index in [1.807, 2.05) is 29.6 Å². The van der Waals surface area contributed by atoms with E-state index < -0.39 is 0 Å². The summed E-state index contributed by atoms with van der Waals surface area (Å²) >= 11 is 1.43. The predicted molar refractivity (Wildman–Crippen MR) is 64.9 cm³/mol. The number of ether oxygens (including phenoxy) is 1. The van der Waals surface area contributed by atoms with Crippen molar-refractivity contribution in [2.45, 2.75) is 6.42 Å². The van der Waals surface area contributed by atoms with E-state index in [1.54, 1.807) is 0 Å². The van der Waals surface area contributed by atoms with Gasteiger partial charge in [-0.2, -0.15) is 0 Å². The number of hydrogen-bond acceptors (Lipinski definition) is 3. The van der Waals surface area contributed by atoms with Gasteiger partial charge in [0.1, 0.15) is 4.88 Å². The zero-order chi connectivity index (χ0) is 11.4. The second-order valence-corrected chi connectivity index (χ2v) is 4.38. The lowest BCUT2D eigenvalue weighted by molar-refractivity contribution is 0.0606. The molecule has 0 saturated carbocycles. The van der Waals surface area contributed by atoms with Crippen molar-refractivity contribution in [3.63, 3.8) is 0 Å². The molecule has 1 aromatic heterocycles. The van der Waals surface area contributed by atoms with Gasteiger partial charge in [-0.25, -0.2) is 4.79 Å². The van der Waals surface area contributed by atoms with Gasteiger partial charge >= 0.3 is 5.97 Å². The molecule has 0 amide bonds. The number of rotatable bonds is 3. The molecule has 0 N–H and O–H groups in total. The Bertz CT molecular complexity index is 474. The van der Waals surface area contributed by atoms with Crippen LogP contribution >= 0.6 is 11.3 Å². The summed E-state index contributed by atoms with van der Waals surface area (Å²) in [7, 11) is 1.40. The molecule has 2 rings (SSSR count). The fourth-order valence-electron chi connectivity index (χ4n) is 1.51. The van der Waals surface area contributed by atoms with E-state index in [2.05, 4.69) is 16.9 Å². The van der Waals surface area contributed by atoms with Crippen LogP contribution in [0.4, 0.5) is 0 Å². The first-order valence-electron chi connectivity index (χ1n) is 4.99. The number of carbonyl (C=O) groups is 1. The summed E-state index contributed by atoms with van der Waals surface area (Å²) < 4.78 is 4.67. The lowest BCUT2D eigenvalue weighted by Crippen LogP contribution is -1.97. The Morgan fingerprint density at radius 2 is 2.00 bits per heavy atom. The molecule has 2 aromatic rings. The first-order chi connectivity index (χ1) is 7.79. The lowest BCUT2D eigenvalue weighted by Gasteiger charge is -1.97. The predicted octanol–water partition coefficient (Wildman–Crippen LogP) is 3.13.